The van der Waals surface area contributed by atoms with Gasteiger partial charge >= 0.3 is 0 Å². The lowest BCUT2D eigenvalue weighted by Gasteiger charge is -2.37. The van der Waals surface area contributed by atoms with Crippen LogP contribution in [0.3, 0.4) is 0 Å². The minimum atomic E-state index is 0.300. The molecular weight excluding hydrogens is 447 g/mol. The molecule has 0 unspecified atom stereocenters. The summed E-state index contributed by atoms with van der Waals surface area (Å²) in [6, 6.07) is 16.8. The maximum Gasteiger partial charge on any atom is 0.225 e. The second-order valence-corrected chi connectivity index (χ2v) is 9.28. The van der Waals surface area contributed by atoms with E-state index in [0.29, 0.717) is 5.28 Å². The highest BCUT2D eigenvalue weighted by Crippen LogP contribution is 2.39. The predicted octanol–water partition coefficient (Wildman–Crippen LogP) is 6.55. The van der Waals surface area contributed by atoms with E-state index in [0.717, 1.165) is 59.3 Å². The molecule has 0 N–H and O–H groups in total. The number of hydrogen-bond acceptors (Lipinski definition) is 5. The lowest BCUT2D eigenvalue weighted by molar-refractivity contribution is 0.649. The molecule has 0 spiro atoms. The summed E-state index contributed by atoms with van der Waals surface area (Å²) in [7, 11) is 0. The van der Waals surface area contributed by atoms with Gasteiger partial charge in [0, 0.05) is 47.8 Å². The van der Waals surface area contributed by atoms with Gasteiger partial charge in [-0.1, -0.05) is 48.9 Å². The molecule has 0 aliphatic carbocycles. The van der Waals surface area contributed by atoms with Crippen LogP contribution in [0.5, 0.6) is 0 Å². The molecule has 1 aliphatic rings. The Morgan fingerprint density at radius 3 is 2.39 bits per heavy atom. The van der Waals surface area contributed by atoms with Gasteiger partial charge in [0.25, 0.3) is 0 Å². The molecule has 0 amide bonds. The normalized spacial score (nSPS) is 14.4. The Bertz CT molecular complexity index is 1210. The van der Waals surface area contributed by atoms with Gasteiger partial charge in [0.05, 0.1) is 5.39 Å². The largest absolute Gasteiger partial charge is 0.368 e. The van der Waals surface area contributed by atoms with Crippen molar-refractivity contribution in [1.29, 1.82) is 0 Å². The molecule has 158 valence electrons. The van der Waals surface area contributed by atoms with Crippen LogP contribution in [-0.2, 0) is 6.42 Å². The van der Waals surface area contributed by atoms with Gasteiger partial charge in [-0.2, -0.15) is 4.98 Å². The Morgan fingerprint density at radius 1 is 0.935 bits per heavy atom. The van der Waals surface area contributed by atoms with Crippen molar-refractivity contribution in [3.63, 3.8) is 0 Å². The van der Waals surface area contributed by atoms with Gasteiger partial charge in [0.1, 0.15) is 10.6 Å². The fraction of sp³-hybridized carbons (Fsp3) is 0.250. The van der Waals surface area contributed by atoms with Crippen molar-refractivity contribution in [3.8, 4) is 11.1 Å². The first-order chi connectivity index (χ1) is 15.1. The van der Waals surface area contributed by atoms with Gasteiger partial charge in [0.2, 0.25) is 5.28 Å². The number of nitrogens with zero attached hydrogens (tertiary/aromatic N) is 4. The summed E-state index contributed by atoms with van der Waals surface area (Å²) in [4.78, 5) is 14.8. The SMILES string of the molecule is CCc1ccc(-c2csc3nc(Cl)nc(N4CCN(c5cccc(Cl)c5)CC4)c23)cc1. The van der Waals surface area contributed by atoms with Crippen molar-refractivity contribution in [3.05, 3.63) is 69.8 Å². The lowest BCUT2D eigenvalue weighted by Crippen LogP contribution is -2.47. The van der Waals surface area contributed by atoms with Crippen molar-refractivity contribution in [2.24, 2.45) is 0 Å². The van der Waals surface area contributed by atoms with Gasteiger partial charge in [-0.15, -0.1) is 11.3 Å². The molecule has 1 saturated heterocycles. The standard InChI is InChI=1S/C24H22Cl2N4S/c1-2-16-6-8-17(9-7-16)20-15-31-23-21(20)22(27-24(26)28-23)30-12-10-29(11-13-30)19-5-3-4-18(25)14-19/h3-9,14-15H,2,10-13H2,1H3. The second-order valence-electron chi connectivity index (χ2n) is 7.65. The fourth-order valence-electron chi connectivity index (χ4n) is 4.11. The number of aryl methyl sites for hydroxylation is 1. The monoisotopic (exact) mass is 468 g/mol. The number of hydrogen-bond donors (Lipinski definition) is 0. The third kappa shape index (κ3) is 4.10. The van der Waals surface area contributed by atoms with Crippen molar-refractivity contribution in [2.75, 3.05) is 36.0 Å². The van der Waals surface area contributed by atoms with Gasteiger partial charge in [-0.05, 0) is 47.3 Å². The minimum absolute atomic E-state index is 0.300. The first kappa shape index (κ1) is 20.6. The maximum atomic E-state index is 6.31. The summed E-state index contributed by atoms with van der Waals surface area (Å²) >= 11 is 14.1. The number of anilines is 2. The zero-order valence-electron chi connectivity index (χ0n) is 17.2. The molecule has 0 atom stereocenters. The molecule has 7 heteroatoms. The Balaban J connectivity index is 1.47. The van der Waals surface area contributed by atoms with Crippen LogP contribution in [-0.4, -0.2) is 36.1 Å². The van der Waals surface area contributed by atoms with Crippen molar-refractivity contribution >= 4 is 56.3 Å². The van der Waals surface area contributed by atoms with E-state index in [1.165, 1.54) is 16.7 Å². The predicted molar refractivity (Wildman–Crippen MR) is 133 cm³/mol. The van der Waals surface area contributed by atoms with E-state index in [9.17, 15) is 0 Å². The highest BCUT2D eigenvalue weighted by molar-refractivity contribution is 7.17. The van der Waals surface area contributed by atoms with E-state index in [1.54, 1.807) is 11.3 Å². The van der Waals surface area contributed by atoms with Crippen LogP contribution in [0, 0.1) is 0 Å². The summed E-state index contributed by atoms with van der Waals surface area (Å²) in [6.07, 6.45) is 1.03. The van der Waals surface area contributed by atoms with E-state index in [4.69, 9.17) is 23.2 Å². The van der Waals surface area contributed by atoms with Crippen LogP contribution in [0.15, 0.2) is 53.9 Å². The summed E-state index contributed by atoms with van der Waals surface area (Å²) in [5.41, 5.74) is 4.85. The molecular formula is C24H22Cl2N4S. The summed E-state index contributed by atoms with van der Waals surface area (Å²) < 4.78 is 0. The van der Waals surface area contributed by atoms with Crippen molar-refractivity contribution < 1.29 is 0 Å². The van der Waals surface area contributed by atoms with Gasteiger partial charge < -0.3 is 9.80 Å². The molecule has 1 fully saturated rings. The number of rotatable bonds is 4. The zero-order valence-corrected chi connectivity index (χ0v) is 19.5. The number of halogens is 2. The third-order valence-corrected chi connectivity index (χ3v) is 7.09. The summed E-state index contributed by atoms with van der Waals surface area (Å²) in [5, 5.41) is 4.33. The van der Waals surface area contributed by atoms with Gasteiger partial charge in [-0.25, -0.2) is 4.98 Å². The second kappa shape index (κ2) is 8.65. The summed E-state index contributed by atoms with van der Waals surface area (Å²) in [5.74, 6) is 0.927. The number of aromatic nitrogens is 2. The third-order valence-electron chi connectivity index (χ3n) is 5.81. The fourth-order valence-corrected chi connectivity index (χ4v) is 5.45. The zero-order chi connectivity index (χ0) is 21.4. The molecule has 2 aromatic heterocycles. The molecule has 0 radical (unpaired) electrons. The van der Waals surface area contributed by atoms with E-state index in [2.05, 4.69) is 62.4 Å². The Labute approximate surface area is 196 Å². The van der Waals surface area contributed by atoms with Crippen LogP contribution in [0.25, 0.3) is 21.3 Å². The first-order valence-corrected chi connectivity index (χ1v) is 12.1. The average Bonchev–Trinajstić information content (AvgIpc) is 3.22. The van der Waals surface area contributed by atoms with Crippen LogP contribution in [0.1, 0.15) is 12.5 Å². The maximum absolute atomic E-state index is 6.31. The quantitative estimate of drug-likeness (QED) is 0.317. The van der Waals surface area contributed by atoms with Gasteiger partial charge in [0.15, 0.2) is 0 Å². The molecule has 1 aliphatic heterocycles. The number of fused-ring (bicyclic) bond motifs is 1. The first-order valence-electron chi connectivity index (χ1n) is 10.4. The highest BCUT2D eigenvalue weighted by Gasteiger charge is 2.23. The minimum Gasteiger partial charge on any atom is -0.368 e. The van der Waals surface area contributed by atoms with E-state index in [-0.39, 0.29) is 0 Å². The molecule has 2 aromatic carbocycles. The molecule has 0 saturated carbocycles. The molecule has 5 rings (SSSR count). The van der Waals surface area contributed by atoms with E-state index >= 15 is 0 Å². The molecule has 4 aromatic rings. The van der Waals surface area contributed by atoms with Crippen molar-refractivity contribution in [2.45, 2.75) is 13.3 Å². The van der Waals surface area contributed by atoms with E-state index < -0.39 is 0 Å². The molecule has 4 nitrogen and oxygen atoms in total. The number of piperazine rings is 1. The van der Waals surface area contributed by atoms with Crippen molar-refractivity contribution in [1.82, 2.24) is 9.97 Å². The Morgan fingerprint density at radius 2 is 1.68 bits per heavy atom. The Hall–Kier alpha value is -2.34. The van der Waals surface area contributed by atoms with Gasteiger partial charge in [-0.3, -0.25) is 0 Å². The van der Waals surface area contributed by atoms with Crippen LogP contribution >= 0.6 is 34.5 Å². The lowest BCUT2D eigenvalue weighted by atomic mass is 10.0. The smallest absolute Gasteiger partial charge is 0.225 e. The van der Waals surface area contributed by atoms with E-state index in [1.807, 2.05) is 18.2 Å². The van der Waals surface area contributed by atoms with Crippen LogP contribution in [0.4, 0.5) is 11.5 Å². The number of benzene rings is 2. The van der Waals surface area contributed by atoms with Crippen LogP contribution < -0.4 is 9.80 Å². The topological polar surface area (TPSA) is 32.3 Å². The number of thiophene rings is 1. The molecule has 0 bridgehead atoms. The average molecular weight is 469 g/mol. The molecule has 3 heterocycles. The van der Waals surface area contributed by atoms with Crippen LogP contribution in [0.2, 0.25) is 10.3 Å². The highest BCUT2D eigenvalue weighted by atomic mass is 35.5. The Kier molecular flexibility index (Phi) is 5.74. The molecule has 31 heavy (non-hydrogen) atoms. The summed E-state index contributed by atoms with van der Waals surface area (Å²) in [6.45, 7) is 5.69.